The molecule has 0 fully saturated rings. The average Bonchev–Trinajstić information content (AvgIpc) is 2.63. The zero-order valence-corrected chi connectivity index (χ0v) is 14.8. The number of carbonyl (C=O) groups excluding carboxylic acids is 1. The summed E-state index contributed by atoms with van der Waals surface area (Å²) in [5.41, 5.74) is -1.13. The van der Waals surface area contributed by atoms with E-state index in [1.54, 1.807) is 0 Å². The Bertz CT molecular complexity index is 1070. The zero-order valence-electron chi connectivity index (χ0n) is 14.8. The summed E-state index contributed by atoms with van der Waals surface area (Å²) < 4.78 is 58.4. The average molecular weight is 407 g/mol. The molecule has 6 nitrogen and oxygen atoms in total. The molecule has 0 aliphatic heterocycles. The van der Waals surface area contributed by atoms with E-state index in [1.807, 2.05) is 0 Å². The van der Waals surface area contributed by atoms with Crippen molar-refractivity contribution in [1.82, 2.24) is 4.98 Å². The molecule has 0 aliphatic rings. The van der Waals surface area contributed by atoms with Gasteiger partial charge in [0.1, 0.15) is 34.3 Å². The maximum Gasteiger partial charge on any atom is 0.433 e. The molecule has 2 heterocycles. The van der Waals surface area contributed by atoms with E-state index in [0.29, 0.717) is 16.4 Å². The van der Waals surface area contributed by atoms with Crippen molar-refractivity contribution in [2.45, 2.75) is 13.1 Å². The van der Waals surface area contributed by atoms with E-state index >= 15 is 0 Å². The lowest BCUT2D eigenvalue weighted by Crippen LogP contribution is -2.25. The highest BCUT2D eigenvalue weighted by Gasteiger charge is 2.34. The lowest BCUT2D eigenvalue weighted by molar-refractivity contribution is -0.604. The number of aryl methyl sites for hydroxylation is 1. The van der Waals surface area contributed by atoms with Gasteiger partial charge in [0, 0.05) is 18.3 Å². The Labute approximate surface area is 162 Å². The number of hydrogen-bond donors (Lipinski definition) is 1. The first kappa shape index (κ1) is 20.1. The van der Waals surface area contributed by atoms with Crippen LogP contribution in [0, 0.1) is 17.9 Å². The van der Waals surface area contributed by atoms with Gasteiger partial charge in [-0.05, 0) is 36.8 Å². The van der Waals surface area contributed by atoms with Gasteiger partial charge in [-0.2, -0.15) is 17.9 Å². The number of nitrogens with zero attached hydrogens (tertiary/aromatic N) is 2. The number of halogens is 4. The molecule has 150 valence electrons. The van der Waals surface area contributed by atoms with Crippen LogP contribution in [0.1, 0.15) is 21.6 Å². The number of pyridine rings is 2. The van der Waals surface area contributed by atoms with Crippen molar-refractivity contribution in [2.75, 3.05) is 5.32 Å². The van der Waals surface area contributed by atoms with E-state index in [9.17, 15) is 27.6 Å². The standard InChI is InChI=1S/C19H13F4N3O3/c1-11-7-12(20)4-5-15(11)29-16-8-17(19(21,22)23)24-9-14(16)18(27)25-13-3-2-6-26(28)10-13/h2-10H,1H3,(H,25,27). The highest BCUT2D eigenvalue weighted by molar-refractivity contribution is 6.06. The zero-order chi connectivity index (χ0) is 21.2. The molecule has 3 aromatic rings. The van der Waals surface area contributed by atoms with Gasteiger partial charge in [0.15, 0.2) is 6.20 Å². The Morgan fingerprint density at radius 2 is 1.97 bits per heavy atom. The van der Waals surface area contributed by atoms with Crippen LogP contribution >= 0.6 is 0 Å². The predicted molar refractivity (Wildman–Crippen MR) is 93.8 cm³/mol. The van der Waals surface area contributed by atoms with Crippen LogP contribution in [0.2, 0.25) is 0 Å². The largest absolute Gasteiger partial charge is 0.619 e. The Kier molecular flexibility index (Phi) is 5.35. The topological polar surface area (TPSA) is 78.2 Å². The van der Waals surface area contributed by atoms with Crippen LogP contribution in [0.15, 0.2) is 55.0 Å². The van der Waals surface area contributed by atoms with Crippen molar-refractivity contribution in [1.29, 1.82) is 0 Å². The number of alkyl halides is 3. The molecule has 10 heteroatoms. The third-order valence-electron chi connectivity index (χ3n) is 3.79. The quantitative estimate of drug-likeness (QED) is 0.399. The third kappa shape index (κ3) is 4.78. The van der Waals surface area contributed by atoms with Crippen LogP contribution in [0.25, 0.3) is 0 Å². The SMILES string of the molecule is Cc1cc(F)ccc1Oc1cc(C(F)(F)F)ncc1C(=O)Nc1ccc[n+]([O-])c1. The van der Waals surface area contributed by atoms with Crippen LogP contribution in [0.4, 0.5) is 23.2 Å². The molecule has 0 unspecified atom stereocenters. The molecule has 3 rings (SSSR count). The lowest BCUT2D eigenvalue weighted by atomic mass is 10.2. The number of aromatic nitrogens is 2. The van der Waals surface area contributed by atoms with Gasteiger partial charge in [0.05, 0.1) is 0 Å². The number of rotatable bonds is 4. The fourth-order valence-corrected chi connectivity index (χ4v) is 2.42. The van der Waals surface area contributed by atoms with E-state index in [-0.39, 0.29) is 17.0 Å². The number of carbonyl (C=O) groups is 1. The van der Waals surface area contributed by atoms with Crippen LogP contribution in [-0.2, 0) is 6.18 Å². The Balaban J connectivity index is 2.00. The molecular formula is C19H13F4N3O3. The summed E-state index contributed by atoms with van der Waals surface area (Å²) in [6.07, 6.45) is -1.78. The molecule has 0 saturated carbocycles. The summed E-state index contributed by atoms with van der Waals surface area (Å²) in [7, 11) is 0. The number of benzene rings is 1. The highest BCUT2D eigenvalue weighted by atomic mass is 19.4. The molecular weight excluding hydrogens is 394 g/mol. The summed E-state index contributed by atoms with van der Waals surface area (Å²) in [5.74, 6) is -1.75. The van der Waals surface area contributed by atoms with Gasteiger partial charge in [0.25, 0.3) is 5.91 Å². The number of ether oxygens (including phenoxy) is 1. The molecule has 0 atom stereocenters. The summed E-state index contributed by atoms with van der Waals surface area (Å²) in [6, 6.07) is 6.83. The van der Waals surface area contributed by atoms with Gasteiger partial charge in [0.2, 0.25) is 6.20 Å². The fraction of sp³-hybridized carbons (Fsp3) is 0.105. The smallest absolute Gasteiger partial charge is 0.433 e. The molecule has 2 aromatic heterocycles. The highest BCUT2D eigenvalue weighted by Crippen LogP contribution is 2.34. The minimum absolute atomic E-state index is 0.0666. The second-order valence-corrected chi connectivity index (χ2v) is 5.98. The number of amides is 1. The van der Waals surface area contributed by atoms with Crippen molar-refractivity contribution in [3.05, 3.63) is 82.8 Å². The van der Waals surface area contributed by atoms with Crippen LogP contribution in [0.3, 0.4) is 0 Å². The molecule has 0 spiro atoms. The third-order valence-corrected chi connectivity index (χ3v) is 3.79. The Morgan fingerprint density at radius 3 is 2.62 bits per heavy atom. The minimum atomic E-state index is -4.77. The summed E-state index contributed by atoms with van der Waals surface area (Å²) >= 11 is 0. The molecule has 0 bridgehead atoms. The molecule has 1 aromatic carbocycles. The van der Waals surface area contributed by atoms with Gasteiger partial charge in [-0.25, -0.2) is 4.39 Å². The second kappa shape index (κ2) is 7.74. The lowest BCUT2D eigenvalue weighted by Gasteiger charge is -2.15. The molecule has 29 heavy (non-hydrogen) atoms. The maximum absolute atomic E-state index is 13.3. The second-order valence-electron chi connectivity index (χ2n) is 5.98. The predicted octanol–water partition coefficient (Wildman–Crippen LogP) is 4.23. The van der Waals surface area contributed by atoms with Gasteiger partial charge in [-0.3, -0.25) is 9.78 Å². The van der Waals surface area contributed by atoms with Gasteiger partial charge < -0.3 is 15.3 Å². The van der Waals surface area contributed by atoms with E-state index in [2.05, 4.69) is 10.3 Å². The monoisotopic (exact) mass is 407 g/mol. The normalized spacial score (nSPS) is 11.2. The van der Waals surface area contributed by atoms with Crippen LogP contribution in [0.5, 0.6) is 11.5 Å². The summed E-state index contributed by atoms with van der Waals surface area (Å²) in [5, 5.41) is 13.7. The number of anilines is 1. The summed E-state index contributed by atoms with van der Waals surface area (Å²) in [4.78, 5) is 15.8. The van der Waals surface area contributed by atoms with Crippen molar-refractivity contribution in [3.63, 3.8) is 0 Å². The number of hydrogen-bond acceptors (Lipinski definition) is 4. The fourth-order valence-electron chi connectivity index (χ4n) is 2.42. The van der Waals surface area contributed by atoms with Crippen molar-refractivity contribution in [2.24, 2.45) is 0 Å². The Hall–Kier alpha value is -3.69. The van der Waals surface area contributed by atoms with E-state index in [4.69, 9.17) is 4.74 Å². The first-order valence-corrected chi connectivity index (χ1v) is 8.15. The maximum atomic E-state index is 13.3. The molecule has 0 aliphatic carbocycles. The van der Waals surface area contributed by atoms with Crippen LogP contribution < -0.4 is 14.8 Å². The van der Waals surface area contributed by atoms with Gasteiger partial charge in [-0.1, -0.05) is 0 Å². The minimum Gasteiger partial charge on any atom is -0.619 e. The molecule has 0 saturated heterocycles. The van der Waals surface area contributed by atoms with Gasteiger partial charge >= 0.3 is 6.18 Å². The van der Waals surface area contributed by atoms with E-state index < -0.39 is 29.3 Å². The van der Waals surface area contributed by atoms with Crippen molar-refractivity contribution < 1.29 is 31.8 Å². The summed E-state index contributed by atoms with van der Waals surface area (Å²) in [6.45, 7) is 1.50. The molecule has 0 radical (unpaired) electrons. The first-order valence-electron chi connectivity index (χ1n) is 8.15. The van der Waals surface area contributed by atoms with Gasteiger partial charge in [-0.15, -0.1) is 0 Å². The first-order chi connectivity index (χ1) is 13.6. The van der Waals surface area contributed by atoms with E-state index in [1.165, 1.54) is 31.3 Å². The molecule has 1 N–H and O–H groups in total. The van der Waals surface area contributed by atoms with Crippen molar-refractivity contribution >= 4 is 11.6 Å². The number of nitrogens with one attached hydrogen (secondary N) is 1. The van der Waals surface area contributed by atoms with Crippen LogP contribution in [-0.4, -0.2) is 10.9 Å². The van der Waals surface area contributed by atoms with Crippen molar-refractivity contribution in [3.8, 4) is 11.5 Å². The van der Waals surface area contributed by atoms with E-state index in [0.717, 1.165) is 24.5 Å². The Morgan fingerprint density at radius 1 is 1.21 bits per heavy atom. The molecule has 1 amide bonds.